The summed E-state index contributed by atoms with van der Waals surface area (Å²) in [5.41, 5.74) is 5.28. The molecule has 0 spiro atoms. The van der Waals surface area contributed by atoms with E-state index in [1.807, 2.05) is 6.92 Å². The monoisotopic (exact) mass is 302 g/mol. The van der Waals surface area contributed by atoms with Crippen molar-refractivity contribution in [1.29, 1.82) is 0 Å². The standard InChI is InChI=1S/C13H19FN2O3S/c1-2-19-10-4-3-7-16(9-10)20(17,18)11-5-6-12(14)13(15)8-11/h5-6,8,10H,2-4,7,9,15H2,1H3. The van der Waals surface area contributed by atoms with Crippen LogP contribution in [0.5, 0.6) is 0 Å². The van der Waals surface area contributed by atoms with Gasteiger partial charge in [0.2, 0.25) is 10.0 Å². The first-order chi connectivity index (χ1) is 9.45. The van der Waals surface area contributed by atoms with Crippen molar-refractivity contribution in [3.05, 3.63) is 24.0 Å². The van der Waals surface area contributed by atoms with Crippen LogP contribution in [0.15, 0.2) is 23.1 Å². The number of halogens is 1. The minimum Gasteiger partial charge on any atom is -0.396 e. The lowest BCUT2D eigenvalue weighted by molar-refractivity contribution is 0.0265. The minimum atomic E-state index is -3.65. The van der Waals surface area contributed by atoms with E-state index < -0.39 is 15.8 Å². The smallest absolute Gasteiger partial charge is 0.243 e. The summed E-state index contributed by atoms with van der Waals surface area (Å²) in [7, 11) is -3.65. The fourth-order valence-corrected chi connectivity index (χ4v) is 3.87. The molecule has 2 rings (SSSR count). The van der Waals surface area contributed by atoms with Crippen molar-refractivity contribution in [2.24, 2.45) is 0 Å². The van der Waals surface area contributed by atoms with Crippen LogP contribution in [0.4, 0.5) is 10.1 Å². The van der Waals surface area contributed by atoms with Gasteiger partial charge >= 0.3 is 0 Å². The molecule has 1 saturated heterocycles. The molecule has 0 radical (unpaired) electrons. The summed E-state index contributed by atoms with van der Waals surface area (Å²) < 4.78 is 45.0. The number of benzene rings is 1. The van der Waals surface area contributed by atoms with Crippen LogP contribution in [0.1, 0.15) is 19.8 Å². The van der Waals surface area contributed by atoms with Crippen LogP contribution in [0, 0.1) is 5.82 Å². The summed E-state index contributed by atoms with van der Waals surface area (Å²) in [4.78, 5) is 0.0218. The molecule has 1 aromatic carbocycles. The van der Waals surface area contributed by atoms with Gasteiger partial charge in [-0.15, -0.1) is 0 Å². The SMILES string of the molecule is CCOC1CCCN(S(=O)(=O)c2ccc(F)c(N)c2)C1. The highest BCUT2D eigenvalue weighted by molar-refractivity contribution is 7.89. The Hall–Kier alpha value is -1.18. The van der Waals surface area contributed by atoms with Gasteiger partial charge in [-0.25, -0.2) is 12.8 Å². The molecule has 1 unspecified atom stereocenters. The van der Waals surface area contributed by atoms with Gasteiger partial charge in [0, 0.05) is 19.7 Å². The largest absolute Gasteiger partial charge is 0.396 e. The number of hydrogen-bond acceptors (Lipinski definition) is 4. The van der Waals surface area contributed by atoms with E-state index in [1.165, 1.54) is 10.4 Å². The Morgan fingerprint density at radius 2 is 2.25 bits per heavy atom. The minimum absolute atomic E-state index is 0.0218. The molecule has 20 heavy (non-hydrogen) atoms. The Balaban J connectivity index is 2.23. The molecule has 0 bridgehead atoms. The maximum absolute atomic E-state index is 13.1. The van der Waals surface area contributed by atoms with Crippen LogP contribution in [0.2, 0.25) is 0 Å². The zero-order valence-electron chi connectivity index (χ0n) is 11.4. The highest BCUT2D eigenvalue weighted by Crippen LogP contribution is 2.24. The molecule has 1 aromatic rings. The second-order valence-corrected chi connectivity index (χ2v) is 6.70. The Bertz CT molecular complexity index is 575. The summed E-state index contributed by atoms with van der Waals surface area (Å²) in [6.45, 7) is 3.22. The lowest BCUT2D eigenvalue weighted by atomic mass is 10.1. The number of nitrogens with zero attached hydrogens (tertiary/aromatic N) is 1. The first kappa shape index (κ1) is 15.2. The topological polar surface area (TPSA) is 72.6 Å². The van der Waals surface area contributed by atoms with Gasteiger partial charge in [-0.3, -0.25) is 0 Å². The summed E-state index contributed by atoms with van der Waals surface area (Å²) in [6, 6.07) is 3.48. The molecule has 2 N–H and O–H groups in total. The van der Waals surface area contributed by atoms with Crippen molar-refractivity contribution in [1.82, 2.24) is 4.31 Å². The predicted molar refractivity (Wildman–Crippen MR) is 74.2 cm³/mol. The fraction of sp³-hybridized carbons (Fsp3) is 0.538. The van der Waals surface area contributed by atoms with Crippen LogP contribution < -0.4 is 5.73 Å². The second kappa shape index (κ2) is 6.07. The van der Waals surface area contributed by atoms with Gasteiger partial charge in [0.05, 0.1) is 16.7 Å². The molecule has 5 nitrogen and oxygen atoms in total. The van der Waals surface area contributed by atoms with Gasteiger partial charge in [-0.2, -0.15) is 4.31 Å². The van der Waals surface area contributed by atoms with E-state index in [0.29, 0.717) is 19.7 Å². The van der Waals surface area contributed by atoms with Crippen LogP contribution in [0.25, 0.3) is 0 Å². The molecular weight excluding hydrogens is 283 g/mol. The van der Waals surface area contributed by atoms with Crippen LogP contribution in [-0.2, 0) is 14.8 Å². The molecule has 0 amide bonds. The second-order valence-electron chi connectivity index (χ2n) is 4.77. The number of anilines is 1. The molecule has 0 saturated carbocycles. The Morgan fingerprint density at radius 3 is 2.90 bits per heavy atom. The highest BCUT2D eigenvalue weighted by atomic mass is 32.2. The molecule has 1 heterocycles. The molecule has 112 valence electrons. The first-order valence-electron chi connectivity index (χ1n) is 6.62. The summed E-state index contributed by atoms with van der Waals surface area (Å²) in [5.74, 6) is -0.616. The van der Waals surface area contributed by atoms with E-state index in [9.17, 15) is 12.8 Å². The maximum Gasteiger partial charge on any atom is 0.243 e. The molecule has 7 heteroatoms. The summed E-state index contributed by atoms with van der Waals surface area (Å²) in [5, 5.41) is 0. The Morgan fingerprint density at radius 1 is 1.50 bits per heavy atom. The van der Waals surface area contributed by atoms with Crippen LogP contribution in [0.3, 0.4) is 0 Å². The molecule has 0 aliphatic carbocycles. The molecule has 1 aliphatic heterocycles. The number of sulfonamides is 1. The van der Waals surface area contributed by atoms with E-state index in [0.717, 1.165) is 25.0 Å². The van der Waals surface area contributed by atoms with Crippen molar-refractivity contribution >= 4 is 15.7 Å². The first-order valence-corrected chi connectivity index (χ1v) is 8.06. The third-order valence-electron chi connectivity index (χ3n) is 3.35. The molecule has 1 fully saturated rings. The summed E-state index contributed by atoms with van der Waals surface area (Å²) >= 11 is 0. The van der Waals surface area contributed by atoms with Gasteiger partial charge < -0.3 is 10.5 Å². The molecule has 1 aliphatic rings. The van der Waals surface area contributed by atoms with Crippen LogP contribution >= 0.6 is 0 Å². The van der Waals surface area contributed by atoms with Gasteiger partial charge in [0.15, 0.2) is 0 Å². The van der Waals surface area contributed by atoms with E-state index in [1.54, 1.807) is 0 Å². The van der Waals surface area contributed by atoms with Crippen molar-refractivity contribution in [2.75, 3.05) is 25.4 Å². The molecule has 1 atom stereocenters. The Labute approximate surface area is 118 Å². The normalized spacial score (nSPS) is 21.0. The van der Waals surface area contributed by atoms with Gasteiger partial charge in [-0.1, -0.05) is 0 Å². The van der Waals surface area contributed by atoms with Gasteiger partial charge in [0.1, 0.15) is 5.82 Å². The fourth-order valence-electron chi connectivity index (χ4n) is 2.33. The van der Waals surface area contributed by atoms with Gasteiger partial charge in [-0.05, 0) is 38.0 Å². The van der Waals surface area contributed by atoms with Gasteiger partial charge in [0.25, 0.3) is 0 Å². The quantitative estimate of drug-likeness (QED) is 0.857. The average molecular weight is 302 g/mol. The van der Waals surface area contributed by atoms with E-state index in [2.05, 4.69) is 0 Å². The van der Waals surface area contributed by atoms with E-state index >= 15 is 0 Å². The average Bonchev–Trinajstić information content (AvgIpc) is 2.42. The predicted octanol–water partition coefficient (Wildman–Crippen LogP) is 1.60. The number of hydrogen-bond donors (Lipinski definition) is 1. The maximum atomic E-state index is 13.1. The van der Waals surface area contributed by atoms with Crippen molar-refractivity contribution < 1.29 is 17.5 Å². The number of piperidine rings is 1. The van der Waals surface area contributed by atoms with Crippen LogP contribution in [-0.4, -0.2) is 38.5 Å². The number of ether oxygens (including phenoxy) is 1. The van der Waals surface area contributed by atoms with E-state index in [-0.39, 0.29) is 16.7 Å². The third-order valence-corrected chi connectivity index (χ3v) is 5.21. The number of nitrogen functional groups attached to an aromatic ring is 1. The number of rotatable bonds is 4. The lowest BCUT2D eigenvalue weighted by Gasteiger charge is -2.31. The molecule has 0 aromatic heterocycles. The lowest BCUT2D eigenvalue weighted by Crippen LogP contribution is -2.43. The van der Waals surface area contributed by atoms with Crippen molar-refractivity contribution in [2.45, 2.75) is 30.8 Å². The zero-order chi connectivity index (χ0) is 14.8. The van der Waals surface area contributed by atoms with E-state index in [4.69, 9.17) is 10.5 Å². The highest BCUT2D eigenvalue weighted by Gasteiger charge is 2.30. The summed E-state index contributed by atoms with van der Waals surface area (Å²) in [6.07, 6.45) is 1.52. The number of nitrogens with two attached hydrogens (primary N) is 1. The third kappa shape index (κ3) is 3.11. The zero-order valence-corrected chi connectivity index (χ0v) is 12.2. The van der Waals surface area contributed by atoms with Crippen molar-refractivity contribution in [3.8, 4) is 0 Å². The Kier molecular flexibility index (Phi) is 4.62. The molecular formula is C13H19FN2O3S. The van der Waals surface area contributed by atoms with Crippen molar-refractivity contribution in [3.63, 3.8) is 0 Å².